The van der Waals surface area contributed by atoms with Gasteiger partial charge in [0.05, 0.1) is 35.7 Å². The standard InChI is InChI=1S/C23H31N7O.C22H29N7O.C22H28N6O2/c1-22(2)12-16(13-23(3,4)28-22)30(6)20-8-7-18(25-26-20)21-19(31)11-15(14-24-21)17-9-10-29(5)27-17;1-21(2)11-16(12-22(3,4)27-21)28(5)19-7-6-17(25-26-19)20-18(30)10-15(13-24-20)29-9-8-23-14-29;1-21(2)11-15(12-22(3,4)27-21)28(5)18-7-6-16(25-26-18)19-17(29)10-14(13-24-19)20-23-8-9-30-20/h7-11,14,16,28,31H,12-13H2,1-6H3;6-10,13-14,16,27,30H,11-12H2,1-5H3;6-10,13,15,27,29H,11-12H2,1-5H3. The number of nitrogens with zero attached hydrogens (tertiary/aromatic N) is 17. The number of aryl methyl sites for hydroxylation is 1. The lowest BCUT2D eigenvalue weighted by atomic mass is 9.79. The van der Waals surface area contributed by atoms with Gasteiger partial charge in [0.15, 0.2) is 17.5 Å². The van der Waals surface area contributed by atoms with Crippen molar-refractivity contribution in [2.45, 2.75) is 173 Å². The minimum atomic E-state index is 0.00274. The SMILES string of the molecule is CN(c1ccc(-c2ncc(-c3ccn(C)n3)cc2O)nn1)C1CC(C)(C)NC(C)(C)C1.CN(c1ccc(-c2ncc(-c3ncco3)cc2O)nn1)C1CC(C)(C)NC(C)(C)C1.CN(c1ccc(-c2ncc(-n3ccnc3)cc2O)nn1)C1CC(C)(C)NC(C)(C)C1. The van der Waals surface area contributed by atoms with Crippen LogP contribution in [0.3, 0.4) is 0 Å². The van der Waals surface area contributed by atoms with Gasteiger partial charge in [0.1, 0.15) is 57.7 Å². The average Bonchev–Trinajstić information content (AvgIpc) is 1.31. The largest absolute Gasteiger partial charge is 0.506 e. The summed E-state index contributed by atoms with van der Waals surface area (Å²) in [4.78, 5) is 27.8. The Morgan fingerprint density at radius 2 is 0.857 bits per heavy atom. The zero-order chi connectivity index (χ0) is 65.4. The maximum atomic E-state index is 10.5. The van der Waals surface area contributed by atoms with Crippen LogP contribution in [0.25, 0.3) is 62.6 Å². The molecule has 3 fully saturated rings. The molecule has 0 radical (unpaired) electrons. The van der Waals surface area contributed by atoms with Crippen LogP contribution >= 0.6 is 0 Å². The number of aromatic nitrogens is 14. The number of pyridine rings is 3. The van der Waals surface area contributed by atoms with Crippen LogP contribution in [0.4, 0.5) is 17.5 Å². The third-order valence-electron chi connectivity index (χ3n) is 17.0. The first-order chi connectivity index (χ1) is 42.8. The summed E-state index contributed by atoms with van der Waals surface area (Å²) in [5.41, 5.74) is 5.93. The Morgan fingerprint density at radius 3 is 1.19 bits per heavy atom. The van der Waals surface area contributed by atoms with Crippen molar-refractivity contribution in [3.63, 3.8) is 0 Å². The van der Waals surface area contributed by atoms with Crippen molar-refractivity contribution >= 4 is 17.5 Å². The molecule has 0 unspecified atom stereocenters. The predicted molar refractivity (Wildman–Crippen MR) is 354 cm³/mol. The molecule has 12 heterocycles. The van der Waals surface area contributed by atoms with Crippen LogP contribution in [-0.4, -0.2) is 158 Å². The minimum Gasteiger partial charge on any atom is -0.506 e. The number of imidazole rings is 1. The third-order valence-corrected chi connectivity index (χ3v) is 17.0. The van der Waals surface area contributed by atoms with Crippen molar-refractivity contribution in [3.8, 4) is 79.8 Å². The van der Waals surface area contributed by atoms with Gasteiger partial charge in [-0.25, -0.2) is 24.9 Å². The number of aromatic hydroxyl groups is 3. The molecule has 3 saturated heterocycles. The Morgan fingerprint density at radius 1 is 0.462 bits per heavy atom. The van der Waals surface area contributed by atoms with Gasteiger partial charge in [-0.3, -0.25) is 4.68 Å². The van der Waals surface area contributed by atoms with Crippen LogP contribution in [0.2, 0.25) is 0 Å². The molecule has 0 atom stereocenters. The molecule has 3 aliphatic rings. The van der Waals surface area contributed by atoms with Crippen molar-refractivity contribution in [2.75, 3.05) is 35.8 Å². The maximum Gasteiger partial charge on any atom is 0.227 e. The molecule has 91 heavy (non-hydrogen) atoms. The number of rotatable bonds is 12. The summed E-state index contributed by atoms with van der Waals surface area (Å²) >= 11 is 0. The Hall–Kier alpha value is -9.00. The summed E-state index contributed by atoms with van der Waals surface area (Å²) < 4.78 is 8.74. The van der Waals surface area contributed by atoms with Crippen LogP contribution in [0.15, 0.2) is 121 Å². The summed E-state index contributed by atoms with van der Waals surface area (Å²) in [6.45, 7) is 26.9. The maximum absolute atomic E-state index is 10.5. The molecule has 9 aromatic heterocycles. The Labute approximate surface area is 533 Å². The molecule has 24 nitrogen and oxygen atoms in total. The summed E-state index contributed by atoms with van der Waals surface area (Å²) in [7, 11) is 8.06. The van der Waals surface area contributed by atoms with Crippen molar-refractivity contribution in [2.24, 2.45) is 7.05 Å². The highest BCUT2D eigenvalue weighted by atomic mass is 16.3. The first-order valence-corrected chi connectivity index (χ1v) is 30.8. The molecule has 3 aliphatic heterocycles. The molecule has 0 spiro atoms. The van der Waals surface area contributed by atoms with Gasteiger partial charge in [-0.1, -0.05) is 0 Å². The molecule has 480 valence electrons. The van der Waals surface area contributed by atoms with Crippen molar-refractivity contribution < 1.29 is 19.7 Å². The summed E-state index contributed by atoms with van der Waals surface area (Å²) in [6.07, 6.45) is 21.1. The number of anilines is 3. The molecule has 9 aromatic rings. The number of nitrogens with one attached hydrogen (secondary N) is 3. The van der Waals surface area contributed by atoms with Crippen LogP contribution in [0, 0.1) is 0 Å². The first kappa shape index (κ1) is 65.0. The van der Waals surface area contributed by atoms with Gasteiger partial charge in [0.2, 0.25) is 5.89 Å². The van der Waals surface area contributed by atoms with Gasteiger partial charge in [0, 0.05) is 122 Å². The van der Waals surface area contributed by atoms with E-state index in [1.54, 1.807) is 71.0 Å². The zero-order valence-electron chi connectivity index (χ0n) is 55.3. The lowest BCUT2D eigenvalue weighted by Gasteiger charge is -2.49. The molecular weight excluding hydrogens is 1150 g/mol. The lowest BCUT2D eigenvalue weighted by Crippen LogP contribution is -2.62. The molecule has 6 N–H and O–H groups in total. The minimum absolute atomic E-state index is 0.00274. The van der Waals surface area contributed by atoms with Crippen molar-refractivity contribution in [3.05, 3.63) is 117 Å². The molecule has 24 heteroatoms. The summed E-state index contributed by atoms with van der Waals surface area (Å²) in [5.74, 6) is 2.94. The van der Waals surface area contributed by atoms with Gasteiger partial charge in [-0.05, 0) is 176 Å². The second-order valence-electron chi connectivity index (χ2n) is 28.5. The average molecular weight is 1240 g/mol. The van der Waals surface area contributed by atoms with Gasteiger partial charge in [0.25, 0.3) is 0 Å². The van der Waals surface area contributed by atoms with Crippen LogP contribution < -0.4 is 30.7 Å². The van der Waals surface area contributed by atoms with Gasteiger partial charge >= 0.3 is 0 Å². The number of oxazole rings is 1. The molecule has 0 aromatic carbocycles. The molecule has 0 bridgehead atoms. The normalized spacial score (nSPS) is 18.2. The Bertz CT molecular complexity index is 3690. The fourth-order valence-electron chi connectivity index (χ4n) is 13.8. The molecule has 0 saturated carbocycles. The van der Waals surface area contributed by atoms with Crippen LogP contribution in [0.1, 0.15) is 122 Å². The number of piperidine rings is 3. The highest BCUT2D eigenvalue weighted by Crippen LogP contribution is 2.38. The van der Waals surface area contributed by atoms with E-state index in [-0.39, 0.29) is 50.5 Å². The van der Waals surface area contributed by atoms with Gasteiger partial charge < -0.3 is 55.0 Å². The quantitative estimate of drug-likeness (QED) is 0.0663. The van der Waals surface area contributed by atoms with Crippen molar-refractivity contribution in [1.82, 2.24) is 85.8 Å². The highest BCUT2D eigenvalue weighted by Gasteiger charge is 2.42. The molecule has 0 amide bonds. The van der Waals surface area contributed by atoms with Gasteiger partial charge in [-0.2, -0.15) is 5.10 Å². The molecule has 12 rings (SSSR count). The van der Waals surface area contributed by atoms with Crippen molar-refractivity contribution in [1.29, 1.82) is 0 Å². The van der Waals surface area contributed by atoms with E-state index in [0.29, 0.717) is 63.7 Å². The number of hydrogen-bond acceptors (Lipinski definition) is 22. The smallest absolute Gasteiger partial charge is 0.227 e. The van der Waals surface area contributed by atoms with E-state index in [9.17, 15) is 15.3 Å². The molecular formula is C67H88N20O4. The summed E-state index contributed by atoms with van der Waals surface area (Å²) in [5, 5.41) is 73.2. The van der Waals surface area contributed by atoms with E-state index < -0.39 is 0 Å². The third kappa shape index (κ3) is 15.8. The van der Waals surface area contributed by atoms with E-state index in [1.165, 1.54) is 6.26 Å². The fraction of sp³-hybridized carbons (Fsp3) is 0.463. The zero-order valence-corrected chi connectivity index (χ0v) is 55.3. The first-order valence-electron chi connectivity index (χ1n) is 30.8. The Kier molecular flexibility index (Phi) is 18.1. The Balaban J connectivity index is 0.000000150. The second kappa shape index (κ2) is 25.4. The highest BCUT2D eigenvalue weighted by molar-refractivity contribution is 5.70. The molecule has 0 aliphatic carbocycles. The van der Waals surface area contributed by atoms with Gasteiger partial charge in [-0.15, -0.1) is 30.6 Å². The monoisotopic (exact) mass is 1240 g/mol. The lowest BCUT2D eigenvalue weighted by molar-refractivity contribution is 0.160. The van der Waals surface area contributed by atoms with E-state index >= 15 is 0 Å². The van der Waals surface area contributed by atoms with E-state index in [0.717, 1.165) is 72.9 Å². The van der Waals surface area contributed by atoms with E-state index in [2.05, 4.69) is 195 Å². The van der Waals surface area contributed by atoms with E-state index in [4.69, 9.17) is 4.42 Å². The van der Waals surface area contributed by atoms with E-state index in [1.807, 2.05) is 55.7 Å². The van der Waals surface area contributed by atoms with Crippen LogP contribution in [-0.2, 0) is 7.05 Å². The fourth-order valence-corrected chi connectivity index (χ4v) is 13.8. The topological polar surface area (TPSA) is 284 Å². The number of hydrogen-bond donors (Lipinski definition) is 6. The second-order valence-corrected chi connectivity index (χ2v) is 28.5. The van der Waals surface area contributed by atoms with Crippen LogP contribution in [0.5, 0.6) is 17.2 Å². The predicted octanol–water partition coefficient (Wildman–Crippen LogP) is 10.2. The summed E-state index contributed by atoms with van der Waals surface area (Å²) in [6, 6.07) is 19.2.